The molecule has 184 valence electrons. The van der Waals surface area contributed by atoms with Crippen LogP contribution in [0, 0.1) is 0 Å². The van der Waals surface area contributed by atoms with Crippen LogP contribution in [0.15, 0.2) is 84.9 Å². The molecule has 0 amide bonds. The second kappa shape index (κ2) is 11.5. The zero-order valence-corrected chi connectivity index (χ0v) is 20.5. The van der Waals surface area contributed by atoms with Crippen LogP contribution in [0.25, 0.3) is 0 Å². The first-order valence-electron chi connectivity index (χ1n) is 11.9. The van der Waals surface area contributed by atoms with Gasteiger partial charge in [0.1, 0.15) is 18.0 Å². The van der Waals surface area contributed by atoms with Gasteiger partial charge in [0.15, 0.2) is 11.6 Å². The van der Waals surface area contributed by atoms with Crippen molar-refractivity contribution in [3.05, 3.63) is 96.1 Å². The van der Waals surface area contributed by atoms with E-state index >= 15 is 0 Å². The molecule has 1 heterocycles. The smallest absolute Gasteiger partial charge is 0.165 e. The lowest BCUT2D eigenvalue weighted by Crippen LogP contribution is -2.46. The lowest BCUT2D eigenvalue weighted by molar-refractivity contribution is -0.159. The molecule has 0 aliphatic carbocycles. The summed E-state index contributed by atoms with van der Waals surface area (Å²) in [4.78, 5) is 13.3. The number of ether oxygens (including phenoxy) is 4. The van der Waals surface area contributed by atoms with Gasteiger partial charge in [0.2, 0.25) is 0 Å². The van der Waals surface area contributed by atoms with Gasteiger partial charge < -0.3 is 24.3 Å². The summed E-state index contributed by atoms with van der Waals surface area (Å²) in [5, 5.41) is 3.53. The Balaban J connectivity index is 1.61. The maximum absolute atomic E-state index is 13.3. The van der Waals surface area contributed by atoms with Crippen LogP contribution in [-0.4, -0.2) is 43.5 Å². The first kappa shape index (κ1) is 24.9. The van der Waals surface area contributed by atoms with Gasteiger partial charge in [0.05, 0.1) is 26.4 Å². The van der Waals surface area contributed by atoms with E-state index < -0.39 is 11.9 Å². The van der Waals surface area contributed by atoms with Gasteiger partial charge >= 0.3 is 0 Å². The first-order valence-corrected chi connectivity index (χ1v) is 11.9. The number of ketones is 1. The van der Waals surface area contributed by atoms with Gasteiger partial charge in [-0.1, -0.05) is 60.7 Å². The number of benzene rings is 3. The van der Waals surface area contributed by atoms with Gasteiger partial charge in [-0.2, -0.15) is 0 Å². The summed E-state index contributed by atoms with van der Waals surface area (Å²) >= 11 is 0. The van der Waals surface area contributed by atoms with Crippen LogP contribution in [-0.2, 0) is 20.8 Å². The number of Topliss-reactive ketones (excluding diaryl/α,β-unsaturated/α-hetero) is 1. The van der Waals surface area contributed by atoms with Gasteiger partial charge in [-0.15, -0.1) is 0 Å². The highest BCUT2D eigenvalue weighted by Crippen LogP contribution is 2.30. The van der Waals surface area contributed by atoms with Crippen molar-refractivity contribution in [1.82, 2.24) is 0 Å². The Hall–Kier alpha value is -3.19. The molecule has 0 bridgehead atoms. The number of hydrogen-bond acceptors (Lipinski definition) is 6. The standard InChI is InChI=1S/C29H33NO5/c1-29(2)34-20-27(35-29)28(33-19-21-10-6-4-7-11-21)25(18-26(31)22-12-8-5-9-13-22)30-23-14-16-24(32-3)17-15-23/h4-17,25,27-28,30H,18-20H2,1-3H3/t25-,27-,28-/m0/s1. The molecule has 6 heteroatoms. The van der Waals surface area contributed by atoms with E-state index in [0.29, 0.717) is 18.8 Å². The molecule has 6 nitrogen and oxygen atoms in total. The molecule has 1 aliphatic rings. The molecule has 1 aliphatic heterocycles. The number of carbonyl (C=O) groups is 1. The topological polar surface area (TPSA) is 66.0 Å². The fraction of sp³-hybridized carbons (Fsp3) is 0.345. The van der Waals surface area contributed by atoms with Crippen molar-refractivity contribution in [2.45, 2.75) is 50.9 Å². The maximum atomic E-state index is 13.3. The molecule has 0 saturated carbocycles. The molecule has 3 aromatic rings. The molecule has 0 radical (unpaired) electrons. The van der Waals surface area contributed by atoms with E-state index in [1.807, 2.05) is 98.8 Å². The number of carbonyl (C=O) groups excluding carboxylic acids is 1. The molecule has 3 atom stereocenters. The number of rotatable bonds is 11. The van der Waals surface area contributed by atoms with E-state index in [1.165, 1.54) is 0 Å². The lowest BCUT2D eigenvalue weighted by atomic mass is 9.96. The summed E-state index contributed by atoms with van der Waals surface area (Å²) in [5.41, 5.74) is 2.58. The minimum Gasteiger partial charge on any atom is -0.497 e. The van der Waals surface area contributed by atoms with Crippen molar-refractivity contribution in [2.24, 2.45) is 0 Å². The Morgan fingerprint density at radius 2 is 1.66 bits per heavy atom. The largest absolute Gasteiger partial charge is 0.497 e. The van der Waals surface area contributed by atoms with E-state index in [9.17, 15) is 4.79 Å². The van der Waals surface area contributed by atoms with Gasteiger partial charge in [0.25, 0.3) is 0 Å². The van der Waals surface area contributed by atoms with Crippen LogP contribution in [0.4, 0.5) is 5.69 Å². The number of hydrogen-bond donors (Lipinski definition) is 1. The first-order chi connectivity index (χ1) is 16.9. The molecule has 3 aromatic carbocycles. The summed E-state index contributed by atoms with van der Waals surface area (Å²) in [7, 11) is 1.64. The highest BCUT2D eigenvalue weighted by Gasteiger charge is 2.42. The van der Waals surface area contributed by atoms with Crippen LogP contribution in [0.3, 0.4) is 0 Å². The summed E-state index contributed by atoms with van der Waals surface area (Å²) in [6.45, 7) is 4.56. The third-order valence-corrected chi connectivity index (χ3v) is 6.02. The van der Waals surface area contributed by atoms with E-state index in [4.69, 9.17) is 18.9 Å². The predicted octanol–water partition coefficient (Wildman–Crippen LogP) is 5.49. The van der Waals surface area contributed by atoms with Gasteiger partial charge in [-0.25, -0.2) is 0 Å². The Morgan fingerprint density at radius 3 is 2.26 bits per heavy atom. The molecule has 0 unspecified atom stereocenters. The molecule has 1 saturated heterocycles. The maximum Gasteiger partial charge on any atom is 0.165 e. The molecule has 4 rings (SSSR count). The van der Waals surface area contributed by atoms with Crippen LogP contribution < -0.4 is 10.1 Å². The van der Waals surface area contributed by atoms with E-state index in [1.54, 1.807) is 7.11 Å². The van der Waals surface area contributed by atoms with Gasteiger partial charge in [0, 0.05) is 17.7 Å². The van der Waals surface area contributed by atoms with Crippen molar-refractivity contribution < 1.29 is 23.7 Å². The predicted molar refractivity (Wildman–Crippen MR) is 136 cm³/mol. The summed E-state index contributed by atoms with van der Waals surface area (Å²) < 4.78 is 23.9. The fourth-order valence-electron chi connectivity index (χ4n) is 4.22. The van der Waals surface area contributed by atoms with Gasteiger partial charge in [-0.05, 0) is 43.7 Å². The van der Waals surface area contributed by atoms with Crippen molar-refractivity contribution in [3.8, 4) is 5.75 Å². The molecule has 1 fully saturated rings. The Labute approximate surface area is 207 Å². The molecular formula is C29H33NO5. The third kappa shape index (κ3) is 6.92. The Morgan fingerprint density at radius 1 is 1.00 bits per heavy atom. The molecule has 0 aromatic heterocycles. The van der Waals surface area contributed by atoms with Crippen LogP contribution in [0.1, 0.15) is 36.2 Å². The van der Waals surface area contributed by atoms with Crippen LogP contribution in [0.5, 0.6) is 5.75 Å². The van der Waals surface area contributed by atoms with Crippen LogP contribution >= 0.6 is 0 Å². The summed E-state index contributed by atoms with van der Waals surface area (Å²) in [6, 6.07) is 26.6. The van der Waals surface area contributed by atoms with Crippen molar-refractivity contribution >= 4 is 11.5 Å². The number of methoxy groups -OCH3 is 1. The normalized spacial score (nSPS) is 18.5. The molecule has 0 spiro atoms. The van der Waals surface area contributed by atoms with Crippen molar-refractivity contribution in [2.75, 3.05) is 19.0 Å². The van der Waals surface area contributed by atoms with Crippen LogP contribution in [0.2, 0.25) is 0 Å². The minimum absolute atomic E-state index is 0.0306. The Kier molecular flexibility index (Phi) is 8.18. The number of anilines is 1. The van der Waals surface area contributed by atoms with E-state index in [2.05, 4.69) is 5.32 Å². The molecule has 1 N–H and O–H groups in total. The van der Waals surface area contributed by atoms with Crippen molar-refractivity contribution in [1.29, 1.82) is 0 Å². The monoisotopic (exact) mass is 475 g/mol. The highest BCUT2D eigenvalue weighted by atomic mass is 16.7. The molecular weight excluding hydrogens is 442 g/mol. The van der Waals surface area contributed by atoms with E-state index in [-0.39, 0.29) is 24.3 Å². The second-order valence-corrected chi connectivity index (χ2v) is 9.10. The van der Waals surface area contributed by atoms with E-state index in [0.717, 1.165) is 17.0 Å². The summed E-state index contributed by atoms with van der Waals surface area (Å²) in [5.74, 6) is 0.0781. The zero-order chi connectivity index (χ0) is 24.7. The highest BCUT2D eigenvalue weighted by molar-refractivity contribution is 5.96. The number of nitrogens with one attached hydrogen (secondary N) is 1. The molecule has 35 heavy (non-hydrogen) atoms. The fourth-order valence-corrected chi connectivity index (χ4v) is 4.22. The SMILES string of the molecule is COc1ccc(N[C@@H](CC(=O)c2ccccc2)[C@H](OCc2ccccc2)[C@@H]2COC(C)(C)O2)cc1. The van der Waals surface area contributed by atoms with Crippen molar-refractivity contribution in [3.63, 3.8) is 0 Å². The average molecular weight is 476 g/mol. The summed E-state index contributed by atoms with van der Waals surface area (Å²) in [6.07, 6.45) is -0.546. The minimum atomic E-state index is -0.715. The second-order valence-electron chi connectivity index (χ2n) is 9.10. The zero-order valence-electron chi connectivity index (χ0n) is 20.5. The van der Waals surface area contributed by atoms with Gasteiger partial charge in [-0.3, -0.25) is 4.79 Å². The third-order valence-electron chi connectivity index (χ3n) is 6.02. The lowest BCUT2D eigenvalue weighted by Gasteiger charge is -2.32. The Bertz CT molecular complexity index is 1070. The average Bonchev–Trinajstić information content (AvgIpc) is 3.24. The quantitative estimate of drug-likeness (QED) is 0.370.